The van der Waals surface area contributed by atoms with E-state index in [4.69, 9.17) is 10.2 Å². The van der Waals surface area contributed by atoms with E-state index < -0.39 is 0 Å². The quantitative estimate of drug-likeness (QED) is 0.662. The molecule has 13 heavy (non-hydrogen) atoms. The Balaban J connectivity index is 1.97. The first kappa shape index (κ1) is 8.25. The van der Waals surface area contributed by atoms with Crippen LogP contribution in [0.2, 0.25) is 0 Å². The van der Waals surface area contributed by atoms with Crippen LogP contribution in [0.1, 0.15) is 22.9 Å². The molecule has 5 heteroatoms. The molecule has 2 unspecified atom stereocenters. The van der Waals surface area contributed by atoms with Crippen molar-refractivity contribution < 1.29 is 9.21 Å². The number of carbonyl (C=O) groups excluding carboxylic acids is 1. The number of rotatable bonds is 2. The van der Waals surface area contributed by atoms with Crippen molar-refractivity contribution in [1.82, 2.24) is 10.3 Å². The van der Waals surface area contributed by atoms with Gasteiger partial charge in [-0.05, 0) is 6.42 Å². The van der Waals surface area contributed by atoms with E-state index in [-0.39, 0.29) is 23.8 Å². The number of nitrogens with two attached hydrogens (primary N) is 1. The Morgan fingerprint density at radius 3 is 3.00 bits per heavy atom. The normalized spacial score (nSPS) is 25.7. The minimum atomic E-state index is -0.237. The lowest BCUT2D eigenvalue weighted by molar-refractivity contribution is 0.0921. The van der Waals surface area contributed by atoms with E-state index in [0.29, 0.717) is 5.89 Å². The van der Waals surface area contributed by atoms with Gasteiger partial charge >= 0.3 is 0 Å². The summed E-state index contributed by atoms with van der Waals surface area (Å²) in [7, 11) is 0. The Kier molecular flexibility index (Phi) is 1.81. The van der Waals surface area contributed by atoms with E-state index in [1.165, 1.54) is 6.20 Å². The first-order valence-electron chi connectivity index (χ1n) is 4.15. The summed E-state index contributed by atoms with van der Waals surface area (Å²) in [5.74, 6) is 0.500. The zero-order chi connectivity index (χ0) is 9.42. The highest BCUT2D eigenvalue weighted by Crippen LogP contribution is 2.18. The summed E-state index contributed by atoms with van der Waals surface area (Å²) in [6.45, 7) is 1.69. The number of nitrogens with one attached hydrogen (secondary N) is 1. The number of carbonyl (C=O) groups is 1. The molecule has 0 spiro atoms. The number of oxazole rings is 1. The van der Waals surface area contributed by atoms with Crippen LogP contribution in [0, 0.1) is 6.92 Å². The molecule has 1 heterocycles. The van der Waals surface area contributed by atoms with Gasteiger partial charge in [0, 0.05) is 19.0 Å². The molecule has 1 saturated carbocycles. The molecule has 5 nitrogen and oxygen atoms in total. The van der Waals surface area contributed by atoms with Crippen LogP contribution in [0.15, 0.2) is 10.6 Å². The highest BCUT2D eigenvalue weighted by Gasteiger charge is 2.35. The van der Waals surface area contributed by atoms with Gasteiger partial charge in [0.05, 0.1) is 6.20 Å². The zero-order valence-corrected chi connectivity index (χ0v) is 7.28. The third-order valence-electron chi connectivity index (χ3n) is 2.00. The lowest BCUT2D eigenvalue weighted by Gasteiger charge is -1.98. The second-order valence-electron chi connectivity index (χ2n) is 3.22. The topological polar surface area (TPSA) is 81.2 Å². The average Bonchev–Trinajstić information content (AvgIpc) is 2.62. The number of nitrogens with zero attached hydrogens (tertiary/aromatic N) is 1. The van der Waals surface area contributed by atoms with Crippen molar-refractivity contribution in [2.45, 2.75) is 25.4 Å². The maximum atomic E-state index is 11.4. The molecule has 2 atom stereocenters. The van der Waals surface area contributed by atoms with Crippen molar-refractivity contribution in [3.63, 3.8) is 0 Å². The molecule has 1 aliphatic carbocycles. The number of hydrogen-bond acceptors (Lipinski definition) is 4. The predicted octanol–water partition coefficient (Wildman–Crippen LogP) is -0.188. The highest BCUT2D eigenvalue weighted by atomic mass is 16.4. The molecule has 3 N–H and O–H groups in total. The van der Waals surface area contributed by atoms with Gasteiger partial charge in [-0.2, -0.15) is 0 Å². The summed E-state index contributed by atoms with van der Waals surface area (Å²) in [5.41, 5.74) is 5.54. The molecule has 1 amide bonds. The Labute approximate surface area is 75.3 Å². The molecule has 70 valence electrons. The molecule has 0 saturated heterocycles. The molecular formula is C8H11N3O2. The van der Waals surface area contributed by atoms with Gasteiger partial charge < -0.3 is 15.5 Å². The standard InChI is InChI=1S/C8H11N3O2/c1-4-10-3-7(13-4)8(12)11-6-2-5(6)9/h3,5-6H,2,9H2,1H3,(H,11,12). The molecular weight excluding hydrogens is 170 g/mol. The lowest BCUT2D eigenvalue weighted by atomic mass is 10.4. The third-order valence-corrected chi connectivity index (χ3v) is 2.00. The van der Waals surface area contributed by atoms with Gasteiger partial charge in [-0.25, -0.2) is 4.98 Å². The Hall–Kier alpha value is -1.36. The fourth-order valence-electron chi connectivity index (χ4n) is 1.09. The average molecular weight is 181 g/mol. The second kappa shape index (κ2) is 2.85. The number of hydrogen-bond donors (Lipinski definition) is 2. The number of amides is 1. The Morgan fingerprint density at radius 1 is 1.85 bits per heavy atom. The molecule has 2 rings (SSSR count). The molecule has 1 aromatic heterocycles. The van der Waals surface area contributed by atoms with Gasteiger partial charge in [-0.15, -0.1) is 0 Å². The Bertz CT molecular complexity index is 334. The van der Waals surface area contributed by atoms with E-state index in [1.807, 2.05) is 0 Å². The van der Waals surface area contributed by atoms with Crippen LogP contribution < -0.4 is 11.1 Å². The second-order valence-corrected chi connectivity index (χ2v) is 3.22. The smallest absolute Gasteiger partial charge is 0.288 e. The SMILES string of the molecule is Cc1ncc(C(=O)NC2CC2N)o1. The summed E-state index contributed by atoms with van der Waals surface area (Å²) < 4.78 is 5.05. The summed E-state index contributed by atoms with van der Waals surface area (Å²) in [6, 6.07) is 0.214. The van der Waals surface area contributed by atoms with Crippen LogP contribution in [0.4, 0.5) is 0 Å². The first-order chi connectivity index (χ1) is 6.16. The summed E-state index contributed by atoms with van der Waals surface area (Å²) in [6.07, 6.45) is 2.26. The number of aryl methyl sites for hydroxylation is 1. The summed E-state index contributed by atoms with van der Waals surface area (Å²) in [4.78, 5) is 15.2. The van der Waals surface area contributed by atoms with E-state index in [2.05, 4.69) is 10.3 Å². The minimum Gasteiger partial charge on any atom is -0.436 e. The van der Waals surface area contributed by atoms with Gasteiger partial charge in [-0.1, -0.05) is 0 Å². The van der Waals surface area contributed by atoms with Crippen molar-refractivity contribution in [2.24, 2.45) is 5.73 Å². The van der Waals surface area contributed by atoms with Gasteiger partial charge in [0.1, 0.15) is 0 Å². The molecule has 0 bridgehead atoms. The van der Waals surface area contributed by atoms with Crippen LogP contribution in [0.5, 0.6) is 0 Å². The van der Waals surface area contributed by atoms with Crippen LogP contribution in [-0.4, -0.2) is 23.0 Å². The van der Waals surface area contributed by atoms with E-state index in [9.17, 15) is 4.79 Å². The van der Waals surface area contributed by atoms with Crippen molar-refractivity contribution in [2.75, 3.05) is 0 Å². The van der Waals surface area contributed by atoms with Crippen molar-refractivity contribution in [1.29, 1.82) is 0 Å². The fraction of sp³-hybridized carbons (Fsp3) is 0.500. The van der Waals surface area contributed by atoms with E-state index in [1.54, 1.807) is 6.92 Å². The van der Waals surface area contributed by atoms with Gasteiger partial charge in [0.15, 0.2) is 5.89 Å². The largest absolute Gasteiger partial charge is 0.436 e. The molecule has 1 aliphatic rings. The van der Waals surface area contributed by atoms with Crippen molar-refractivity contribution in [3.05, 3.63) is 17.8 Å². The summed E-state index contributed by atoms with van der Waals surface area (Å²) in [5, 5.41) is 2.74. The van der Waals surface area contributed by atoms with Gasteiger partial charge in [0.2, 0.25) is 5.76 Å². The molecule has 0 aromatic carbocycles. The van der Waals surface area contributed by atoms with E-state index in [0.717, 1.165) is 6.42 Å². The predicted molar refractivity (Wildman–Crippen MR) is 45.1 cm³/mol. The van der Waals surface area contributed by atoms with Gasteiger partial charge in [0.25, 0.3) is 5.91 Å². The van der Waals surface area contributed by atoms with Crippen LogP contribution >= 0.6 is 0 Å². The highest BCUT2D eigenvalue weighted by molar-refractivity contribution is 5.91. The Morgan fingerprint density at radius 2 is 2.54 bits per heavy atom. The number of aromatic nitrogens is 1. The van der Waals surface area contributed by atoms with Crippen molar-refractivity contribution >= 4 is 5.91 Å². The van der Waals surface area contributed by atoms with E-state index >= 15 is 0 Å². The maximum absolute atomic E-state index is 11.4. The van der Waals surface area contributed by atoms with Crippen LogP contribution in [0.3, 0.4) is 0 Å². The van der Waals surface area contributed by atoms with Crippen LogP contribution in [-0.2, 0) is 0 Å². The maximum Gasteiger partial charge on any atom is 0.288 e. The first-order valence-corrected chi connectivity index (χ1v) is 4.15. The zero-order valence-electron chi connectivity index (χ0n) is 7.28. The lowest BCUT2D eigenvalue weighted by Crippen LogP contribution is -2.29. The monoisotopic (exact) mass is 181 g/mol. The third kappa shape index (κ3) is 1.70. The fourth-order valence-corrected chi connectivity index (χ4v) is 1.09. The van der Waals surface area contributed by atoms with Crippen LogP contribution in [0.25, 0.3) is 0 Å². The van der Waals surface area contributed by atoms with Gasteiger partial charge in [-0.3, -0.25) is 4.79 Å². The molecule has 1 aromatic rings. The molecule has 0 aliphatic heterocycles. The van der Waals surface area contributed by atoms with Crippen molar-refractivity contribution in [3.8, 4) is 0 Å². The summed E-state index contributed by atoms with van der Waals surface area (Å²) >= 11 is 0. The molecule has 1 fully saturated rings. The minimum absolute atomic E-state index is 0.105. The molecule has 0 radical (unpaired) electrons.